The van der Waals surface area contributed by atoms with Crippen molar-refractivity contribution in [1.29, 1.82) is 0 Å². The van der Waals surface area contributed by atoms with E-state index in [1.165, 1.54) is 64.5 Å². The lowest BCUT2D eigenvalue weighted by atomic mass is 9.92. The van der Waals surface area contributed by atoms with Crippen LogP contribution < -0.4 is 5.32 Å². The van der Waals surface area contributed by atoms with Gasteiger partial charge in [0, 0.05) is 0 Å². The van der Waals surface area contributed by atoms with Crippen molar-refractivity contribution in [3.63, 3.8) is 0 Å². The quantitative estimate of drug-likeness (QED) is 0.599. The molecule has 1 heteroatoms. The van der Waals surface area contributed by atoms with Crippen LogP contribution in [0.15, 0.2) is 0 Å². The average molecular weight is 211 g/mol. The summed E-state index contributed by atoms with van der Waals surface area (Å²) < 4.78 is 0. The molecule has 1 nitrogen and oxygen atoms in total. The van der Waals surface area contributed by atoms with Crippen LogP contribution in [0.25, 0.3) is 0 Å². The molecular weight excluding hydrogens is 182 g/mol. The van der Waals surface area contributed by atoms with Crippen LogP contribution in [0.5, 0.6) is 0 Å². The van der Waals surface area contributed by atoms with E-state index in [0.29, 0.717) is 0 Å². The van der Waals surface area contributed by atoms with Crippen LogP contribution >= 0.6 is 0 Å². The minimum atomic E-state index is 0.921. The summed E-state index contributed by atoms with van der Waals surface area (Å²) in [6.07, 6.45) is 11.6. The number of rotatable bonds is 8. The fourth-order valence-electron chi connectivity index (χ4n) is 2.61. The Kier molecular flexibility index (Phi) is 7.08. The van der Waals surface area contributed by atoms with Crippen molar-refractivity contribution in [1.82, 2.24) is 5.32 Å². The van der Waals surface area contributed by atoms with Gasteiger partial charge in [0.25, 0.3) is 0 Å². The first-order chi connectivity index (χ1) is 7.34. The Balaban J connectivity index is 1.84. The molecule has 1 aliphatic rings. The van der Waals surface area contributed by atoms with Gasteiger partial charge in [0.05, 0.1) is 0 Å². The van der Waals surface area contributed by atoms with Crippen LogP contribution in [0.3, 0.4) is 0 Å². The summed E-state index contributed by atoms with van der Waals surface area (Å²) in [5.41, 5.74) is 0. The molecule has 0 amide bonds. The lowest BCUT2D eigenvalue weighted by Crippen LogP contribution is -2.09. The molecule has 2 atom stereocenters. The third-order valence-corrected chi connectivity index (χ3v) is 3.86. The molecule has 1 rings (SSSR count). The highest BCUT2D eigenvalue weighted by atomic mass is 14.9. The molecule has 1 saturated heterocycles. The van der Waals surface area contributed by atoms with E-state index in [1.54, 1.807) is 0 Å². The first-order valence-corrected chi connectivity index (χ1v) is 7.05. The van der Waals surface area contributed by atoms with Crippen molar-refractivity contribution in [2.24, 2.45) is 11.8 Å². The summed E-state index contributed by atoms with van der Waals surface area (Å²) in [5, 5.41) is 3.49. The van der Waals surface area contributed by atoms with Gasteiger partial charge in [-0.3, -0.25) is 0 Å². The molecule has 0 aliphatic carbocycles. The molecule has 1 aliphatic heterocycles. The summed E-state index contributed by atoms with van der Waals surface area (Å²) in [6, 6.07) is 0. The summed E-state index contributed by atoms with van der Waals surface area (Å²) in [6.45, 7) is 7.21. The second kappa shape index (κ2) is 8.15. The molecule has 1 N–H and O–H groups in total. The third kappa shape index (κ3) is 5.55. The smallest absolute Gasteiger partial charge is 0.00174 e. The SMILES string of the molecule is CCCCCCCCCC1CNC[C@@H]1C. The molecule has 0 aromatic heterocycles. The lowest BCUT2D eigenvalue weighted by molar-refractivity contribution is 0.400. The van der Waals surface area contributed by atoms with E-state index >= 15 is 0 Å². The second-order valence-electron chi connectivity index (χ2n) is 5.31. The minimum Gasteiger partial charge on any atom is -0.316 e. The maximum absolute atomic E-state index is 3.49. The largest absolute Gasteiger partial charge is 0.316 e. The van der Waals surface area contributed by atoms with E-state index in [4.69, 9.17) is 0 Å². The van der Waals surface area contributed by atoms with E-state index in [9.17, 15) is 0 Å². The molecule has 0 bridgehead atoms. The van der Waals surface area contributed by atoms with E-state index in [1.807, 2.05) is 0 Å². The third-order valence-electron chi connectivity index (χ3n) is 3.86. The van der Waals surface area contributed by atoms with Crippen LogP contribution in [0.2, 0.25) is 0 Å². The zero-order valence-corrected chi connectivity index (χ0v) is 10.7. The Morgan fingerprint density at radius 3 is 2.20 bits per heavy atom. The Morgan fingerprint density at radius 2 is 1.60 bits per heavy atom. The highest BCUT2D eigenvalue weighted by Gasteiger charge is 2.21. The maximum atomic E-state index is 3.49. The maximum Gasteiger partial charge on any atom is -0.00174 e. The molecule has 0 aromatic rings. The summed E-state index contributed by atoms with van der Waals surface area (Å²) >= 11 is 0. The van der Waals surface area contributed by atoms with Crippen molar-refractivity contribution in [2.75, 3.05) is 13.1 Å². The standard InChI is InChI=1S/C14H29N/c1-3-4-5-6-7-8-9-10-14-12-15-11-13(14)2/h13-15H,3-12H2,1-2H3/t13-,14?/m0/s1. The van der Waals surface area contributed by atoms with Gasteiger partial charge in [-0.2, -0.15) is 0 Å². The molecule has 0 radical (unpaired) electrons. The number of hydrogen-bond donors (Lipinski definition) is 1. The average Bonchev–Trinajstić information content (AvgIpc) is 2.63. The molecule has 0 spiro atoms. The first-order valence-electron chi connectivity index (χ1n) is 7.05. The summed E-state index contributed by atoms with van der Waals surface area (Å²) in [4.78, 5) is 0. The van der Waals surface area contributed by atoms with E-state index in [0.717, 1.165) is 11.8 Å². The molecule has 1 heterocycles. The van der Waals surface area contributed by atoms with Crippen LogP contribution in [-0.2, 0) is 0 Å². The Bertz CT molecular complexity index is 144. The van der Waals surface area contributed by atoms with Gasteiger partial charge >= 0.3 is 0 Å². The lowest BCUT2D eigenvalue weighted by Gasteiger charge is -2.13. The molecule has 0 saturated carbocycles. The van der Waals surface area contributed by atoms with Crippen LogP contribution in [0.4, 0.5) is 0 Å². The van der Waals surface area contributed by atoms with Crippen LogP contribution in [0, 0.1) is 11.8 Å². The van der Waals surface area contributed by atoms with Gasteiger partial charge in [-0.05, 0) is 31.3 Å². The number of unbranched alkanes of at least 4 members (excludes halogenated alkanes) is 6. The van der Waals surface area contributed by atoms with E-state index < -0.39 is 0 Å². The van der Waals surface area contributed by atoms with Crippen LogP contribution in [-0.4, -0.2) is 13.1 Å². The monoisotopic (exact) mass is 211 g/mol. The van der Waals surface area contributed by atoms with Crippen molar-refractivity contribution in [3.8, 4) is 0 Å². The van der Waals surface area contributed by atoms with Crippen LogP contribution in [0.1, 0.15) is 65.2 Å². The van der Waals surface area contributed by atoms with Crippen molar-refractivity contribution in [2.45, 2.75) is 65.2 Å². The first kappa shape index (κ1) is 13.0. The summed E-state index contributed by atoms with van der Waals surface area (Å²) in [5.74, 6) is 1.89. The Labute approximate surface area is 96.0 Å². The highest BCUT2D eigenvalue weighted by molar-refractivity contribution is 4.77. The van der Waals surface area contributed by atoms with E-state index in [-0.39, 0.29) is 0 Å². The Morgan fingerprint density at radius 1 is 0.933 bits per heavy atom. The fraction of sp³-hybridized carbons (Fsp3) is 1.00. The van der Waals surface area contributed by atoms with Crippen molar-refractivity contribution < 1.29 is 0 Å². The zero-order valence-electron chi connectivity index (χ0n) is 10.7. The summed E-state index contributed by atoms with van der Waals surface area (Å²) in [7, 11) is 0. The molecule has 1 fully saturated rings. The highest BCUT2D eigenvalue weighted by Crippen LogP contribution is 2.22. The van der Waals surface area contributed by atoms with Gasteiger partial charge in [0.15, 0.2) is 0 Å². The predicted octanol–water partition coefficient (Wildman–Crippen LogP) is 3.98. The van der Waals surface area contributed by atoms with Gasteiger partial charge < -0.3 is 5.32 Å². The number of hydrogen-bond acceptors (Lipinski definition) is 1. The Hall–Kier alpha value is -0.0400. The van der Waals surface area contributed by atoms with Gasteiger partial charge in [-0.25, -0.2) is 0 Å². The van der Waals surface area contributed by atoms with Gasteiger partial charge in [-0.15, -0.1) is 0 Å². The molecule has 0 aromatic carbocycles. The molecule has 15 heavy (non-hydrogen) atoms. The molecular formula is C14H29N. The van der Waals surface area contributed by atoms with Gasteiger partial charge in [0.2, 0.25) is 0 Å². The van der Waals surface area contributed by atoms with Gasteiger partial charge in [-0.1, -0.05) is 58.8 Å². The normalized spacial score (nSPS) is 26.0. The predicted molar refractivity (Wildman–Crippen MR) is 68.1 cm³/mol. The second-order valence-corrected chi connectivity index (χ2v) is 5.31. The zero-order chi connectivity index (χ0) is 10.9. The fourth-order valence-corrected chi connectivity index (χ4v) is 2.61. The van der Waals surface area contributed by atoms with Crippen molar-refractivity contribution >= 4 is 0 Å². The topological polar surface area (TPSA) is 12.0 Å². The number of nitrogens with one attached hydrogen (secondary N) is 1. The molecule has 1 unspecified atom stereocenters. The minimum absolute atomic E-state index is 0.921. The van der Waals surface area contributed by atoms with E-state index in [2.05, 4.69) is 19.2 Å². The molecule has 90 valence electrons. The van der Waals surface area contributed by atoms with Gasteiger partial charge in [0.1, 0.15) is 0 Å². The van der Waals surface area contributed by atoms with Crippen molar-refractivity contribution in [3.05, 3.63) is 0 Å².